The van der Waals surface area contributed by atoms with Crippen molar-refractivity contribution in [1.29, 1.82) is 0 Å². The summed E-state index contributed by atoms with van der Waals surface area (Å²) in [6, 6.07) is 0. The second kappa shape index (κ2) is 6.80. The predicted octanol–water partition coefficient (Wildman–Crippen LogP) is -2.69. The molecule has 0 rings (SSSR count). The number of hydrogen-bond donors (Lipinski definition) is 3. The summed E-state index contributed by atoms with van der Waals surface area (Å²) in [4.78, 5) is 1.04. The van der Waals surface area contributed by atoms with Gasteiger partial charge >= 0.3 is 0 Å². The minimum atomic E-state index is -0.312. The van der Waals surface area contributed by atoms with E-state index in [9.17, 15) is 0 Å². The average molecular weight is 125 g/mol. The molecule has 0 aromatic rings. The maximum absolute atomic E-state index is 8.13. The third kappa shape index (κ3) is 3.97. The van der Waals surface area contributed by atoms with Crippen molar-refractivity contribution < 1.29 is 20.8 Å². The Morgan fingerprint density at radius 1 is 0.875 bits per heavy atom. The Hall–Kier alpha value is -0.200. The zero-order chi connectivity index (χ0) is 5.70. The van der Waals surface area contributed by atoms with E-state index in [-0.39, 0.29) is 25.7 Å². The fraction of sp³-hybridized carbons (Fsp3) is 1.00. The molecular formula is C3H11NO4. The van der Waals surface area contributed by atoms with Crippen LogP contribution in [-0.2, 0) is 0 Å². The van der Waals surface area contributed by atoms with Crippen molar-refractivity contribution >= 4 is 0 Å². The summed E-state index contributed by atoms with van der Waals surface area (Å²) in [7, 11) is 0. The van der Waals surface area contributed by atoms with Crippen molar-refractivity contribution in [1.82, 2.24) is 4.90 Å². The highest BCUT2D eigenvalue weighted by Crippen LogP contribution is 1.75. The molecule has 0 saturated carbocycles. The van der Waals surface area contributed by atoms with E-state index in [2.05, 4.69) is 0 Å². The summed E-state index contributed by atoms with van der Waals surface area (Å²) in [5, 5.41) is 24.4. The van der Waals surface area contributed by atoms with Gasteiger partial charge in [-0.25, -0.2) is 4.90 Å². The second-order valence-corrected chi connectivity index (χ2v) is 1.10. The molecule has 0 spiro atoms. The van der Waals surface area contributed by atoms with Gasteiger partial charge in [-0.15, -0.1) is 0 Å². The first-order valence-electron chi connectivity index (χ1n) is 1.90. The topological polar surface area (TPSA) is 95.4 Å². The van der Waals surface area contributed by atoms with E-state index in [1.165, 1.54) is 0 Å². The van der Waals surface area contributed by atoms with Crippen LogP contribution < -0.4 is 0 Å². The molecule has 0 aliphatic heterocycles. The van der Waals surface area contributed by atoms with Crippen LogP contribution in [0.1, 0.15) is 0 Å². The van der Waals surface area contributed by atoms with Gasteiger partial charge in [0.1, 0.15) is 0 Å². The van der Waals surface area contributed by atoms with Crippen LogP contribution in [0.2, 0.25) is 0 Å². The Morgan fingerprint density at radius 2 is 1.12 bits per heavy atom. The van der Waals surface area contributed by atoms with Gasteiger partial charge in [-0.3, -0.25) is 0 Å². The van der Waals surface area contributed by atoms with E-state index in [0.717, 1.165) is 4.90 Å². The van der Waals surface area contributed by atoms with Crippen molar-refractivity contribution in [2.45, 2.75) is 0 Å². The average Bonchev–Trinajstić information content (AvgIpc) is 1.72. The molecule has 5 N–H and O–H groups in total. The number of rotatable bonds is 3. The lowest BCUT2D eigenvalue weighted by Gasteiger charge is -2.09. The first-order chi connectivity index (χ1) is 3.35. The van der Waals surface area contributed by atoms with E-state index >= 15 is 0 Å². The Morgan fingerprint density at radius 3 is 1.12 bits per heavy atom. The largest absolute Gasteiger partial charge is 0.412 e. The molecule has 0 aliphatic carbocycles. The highest BCUT2D eigenvalue weighted by Gasteiger charge is 1.93. The van der Waals surface area contributed by atoms with Crippen LogP contribution in [0.4, 0.5) is 0 Å². The van der Waals surface area contributed by atoms with Crippen LogP contribution in [0.25, 0.3) is 0 Å². The van der Waals surface area contributed by atoms with Gasteiger partial charge in [0.15, 0.2) is 0 Å². The van der Waals surface area contributed by atoms with Crippen LogP contribution in [0.15, 0.2) is 0 Å². The summed E-state index contributed by atoms with van der Waals surface area (Å²) in [6.45, 7) is -0.938. The van der Waals surface area contributed by atoms with Gasteiger partial charge in [-0.2, -0.15) is 0 Å². The van der Waals surface area contributed by atoms with Gasteiger partial charge in [-0.1, -0.05) is 0 Å². The third-order valence-corrected chi connectivity index (χ3v) is 0.600. The molecule has 0 unspecified atom stereocenters. The number of aliphatic hydroxyl groups excluding tert-OH is 3. The van der Waals surface area contributed by atoms with Gasteiger partial charge < -0.3 is 20.8 Å². The van der Waals surface area contributed by atoms with Gasteiger partial charge in [-0.05, 0) is 0 Å². The lowest BCUT2D eigenvalue weighted by molar-refractivity contribution is -0.0268. The van der Waals surface area contributed by atoms with Crippen molar-refractivity contribution in [3.63, 3.8) is 0 Å². The quantitative estimate of drug-likeness (QED) is 0.358. The van der Waals surface area contributed by atoms with E-state index in [1.807, 2.05) is 0 Å². The summed E-state index contributed by atoms with van der Waals surface area (Å²) >= 11 is 0. The van der Waals surface area contributed by atoms with E-state index in [1.54, 1.807) is 0 Å². The Kier molecular flexibility index (Phi) is 9.11. The monoisotopic (exact) mass is 125 g/mol. The normalized spacial score (nSPS) is 9.00. The molecule has 0 fully saturated rings. The molecule has 0 aromatic carbocycles. The second-order valence-electron chi connectivity index (χ2n) is 1.10. The van der Waals surface area contributed by atoms with Gasteiger partial charge in [0, 0.05) is 0 Å². The molecule has 0 bridgehead atoms. The molecule has 0 radical (unpaired) electrons. The number of aliphatic hydroxyl groups is 3. The molecule has 0 aromatic heterocycles. The van der Waals surface area contributed by atoms with E-state index < -0.39 is 0 Å². The molecule has 0 atom stereocenters. The summed E-state index contributed by atoms with van der Waals surface area (Å²) in [5.74, 6) is 0. The number of nitrogens with zero attached hydrogens (tertiary/aromatic N) is 1. The zero-order valence-corrected chi connectivity index (χ0v) is 4.41. The Labute approximate surface area is 47.1 Å². The SMILES string of the molecule is O.OCN(CO)CO. The highest BCUT2D eigenvalue weighted by atomic mass is 16.3. The molecule has 5 nitrogen and oxygen atoms in total. The number of hydrogen-bond acceptors (Lipinski definition) is 4. The molecule has 52 valence electrons. The maximum atomic E-state index is 8.13. The molecule has 8 heavy (non-hydrogen) atoms. The minimum absolute atomic E-state index is 0. The summed E-state index contributed by atoms with van der Waals surface area (Å²) in [6.07, 6.45) is 0. The fourth-order valence-electron chi connectivity index (χ4n) is 0.134. The van der Waals surface area contributed by atoms with Crippen LogP contribution in [-0.4, -0.2) is 45.9 Å². The standard InChI is InChI=1S/C3H9NO3.H2O/c5-1-4(2-6)3-7;/h5-7H,1-3H2;1H2. The van der Waals surface area contributed by atoms with Crippen molar-refractivity contribution in [3.8, 4) is 0 Å². The fourth-order valence-corrected chi connectivity index (χ4v) is 0.134. The smallest absolute Gasteiger partial charge is 0.0993 e. The zero-order valence-electron chi connectivity index (χ0n) is 4.41. The molecule has 0 amide bonds. The van der Waals surface area contributed by atoms with E-state index in [4.69, 9.17) is 15.3 Å². The first kappa shape index (κ1) is 10.7. The minimum Gasteiger partial charge on any atom is -0.412 e. The molecule has 0 aliphatic rings. The molecule has 5 heteroatoms. The van der Waals surface area contributed by atoms with Crippen LogP contribution in [0.3, 0.4) is 0 Å². The van der Waals surface area contributed by atoms with Crippen molar-refractivity contribution in [3.05, 3.63) is 0 Å². The van der Waals surface area contributed by atoms with Crippen molar-refractivity contribution in [2.75, 3.05) is 20.2 Å². The Balaban J connectivity index is 0. The summed E-state index contributed by atoms with van der Waals surface area (Å²) in [5.41, 5.74) is 0. The van der Waals surface area contributed by atoms with Gasteiger partial charge in [0.25, 0.3) is 0 Å². The highest BCUT2D eigenvalue weighted by molar-refractivity contribution is 4.28. The molecule has 0 heterocycles. The van der Waals surface area contributed by atoms with Gasteiger partial charge in [0.05, 0.1) is 20.2 Å². The van der Waals surface area contributed by atoms with Gasteiger partial charge in [0.2, 0.25) is 0 Å². The summed E-state index contributed by atoms with van der Waals surface area (Å²) < 4.78 is 0. The van der Waals surface area contributed by atoms with Crippen LogP contribution in [0.5, 0.6) is 0 Å². The lowest BCUT2D eigenvalue weighted by atomic mass is 10.9. The van der Waals surface area contributed by atoms with Crippen molar-refractivity contribution in [2.24, 2.45) is 0 Å². The predicted molar refractivity (Wildman–Crippen MR) is 26.7 cm³/mol. The Bertz CT molecular complexity index is 32.8. The maximum Gasteiger partial charge on any atom is 0.0993 e. The third-order valence-electron chi connectivity index (χ3n) is 0.600. The van der Waals surface area contributed by atoms with Crippen LogP contribution >= 0.6 is 0 Å². The first-order valence-corrected chi connectivity index (χ1v) is 1.90. The van der Waals surface area contributed by atoms with Crippen LogP contribution in [0, 0.1) is 0 Å². The van der Waals surface area contributed by atoms with E-state index in [0.29, 0.717) is 0 Å². The lowest BCUT2D eigenvalue weighted by Crippen LogP contribution is -2.26. The molecule has 0 saturated heterocycles. The molecular weight excluding hydrogens is 114 g/mol.